The minimum Gasteiger partial charge on any atom is -0.494 e. The predicted octanol–water partition coefficient (Wildman–Crippen LogP) is 3.08. The number of likely N-dealkylation sites (tertiary alicyclic amines) is 1. The third-order valence-corrected chi connectivity index (χ3v) is 5.58. The van der Waals surface area contributed by atoms with Gasteiger partial charge < -0.3 is 14.2 Å². The fraction of sp³-hybridized carbons (Fsp3) is 0.476. The fourth-order valence-corrected chi connectivity index (χ4v) is 3.80. The number of ether oxygens (including phenoxy) is 1. The molecule has 1 aliphatic carbocycles. The molecule has 3 aromatic rings. The van der Waals surface area contributed by atoms with Crippen molar-refractivity contribution in [2.24, 2.45) is 0 Å². The first-order valence-corrected chi connectivity index (χ1v) is 10.5. The number of rotatable bonds is 6. The zero-order valence-electron chi connectivity index (χ0n) is 16.9. The van der Waals surface area contributed by atoms with Gasteiger partial charge in [-0.05, 0) is 56.9 Å². The van der Waals surface area contributed by atoms with E-state index in [1.54, 1.807) is 0 Å². The van der Waals surface area contributed by atoms with Crippen molar-refractivity contribution in [3.05, 3.63) is 41.9 Å². The van der Waals surface area contributed by atoms with Crippen molar-refractivity contribution in [3.63, 3.8) is 0 Å². The van der Waals surface area contributed by atoms with Crippen LogP contribution in [0.5, 0.6) is 5.75 Å². The van der Waals surface area contributed by atoms with Crippen LogP contribution in [-0.2, 0) is 0 Å². The Morgan fingerprint density at radius 2 is 2.07 bits per heavy atom. The molecule has 1 atom stereocenters. The molecule has 1 saturated heterocycles. The molecule has 0 radical (unpaired) electrons. The molecule has 1 saturated carbocycles. The van der Waals surface area contributed by atoms with Crippen molar-refractivity contribution in [1.29, 1.82) is 0 Å². The molecule has 2 fully saturated rings. The molecule has 9 heteroatoms. The summed E-state index contributed by atoms with van der Waals surface area (Å²) in [6, 6.07) is 7.37. The third kappa shape index (κ3) is 3.79. The van der Waals surface area contributed by atoms with Gasteiger partial charge in [0.15, 0.2) is 11.5 Å². The van der Waals surface area contributed by atoms with Crippen molar-refractivity contribution in [1.82, 2.24) is 30.0 Å². The van der Waals surface area contributed by atoms with Crippen LogP contribution in [0.15, 0.2) is 35.0 Å². The van der Waals surface area contributed by atoms with Crippen molar-refractivity contribution >= 4 is 5.91 Å². The maximum atomic E-state index is 13.0. The SMILES string of the molecule is CCOc1ccc(C(=O)N2CCCC(n3cc(-c4nc(C5CC5)no4)nn3)C2)cc1. The lowest BCUT2D eigenvalue weighted by Gasteiger charge is -2.32. The summed E-state index contributed by atoms with van der Waals surface area (Å²) < 4.78 is 12.6. The first-order chi connectivity index (χ1) is 14.7. The van der Waals surface area contributed by atoms with E-state index in [0.29, 0.717) is 36.2 Å². The Morgan fingerprint density at radius 3 is 2.83 bits per heavy atom. The van der Waals surface area contributed by atoms with Crippen LogP contribution in [-0.4, -0.2) is 55.6 Å². The number of nitrogens with zero attached hydrogens (tertiary/aromatic N) is 6. The topological polar surface area (TPSA) is 99.2 Å². The normalized spacial score (nSPS) is 19.1. The smallest absolute Gasteiger partial charge is 0.280 e. The summed E-state index contributed by atoms with van der Waals surface area (Å²) in [6.07, 6.45) is 5.92. The van der Waals surface area contributed by atoms with E-state index in [-0.39, 0.29) is 11.9 Å². The Hall–Kier alpha value is -3.23. The average molecular weight is 408 g/mol. The van der Waals surface area contributed by atoms with E-state index < -0.39 is 0 Å². The summed E-state index contributed by atoms with van der Waals surface area (Å²) >= 11 is 0. The average Bonchev–Trinajstić information content (AvgIpc) is 3.31. The lowest BCUT2D eigenvalue weighted by Crippen LogP contribution is -2.40. The van der Waals surface area contributed by atoms with Gasteiger partial charge in [0.25, 0.3) is 11.8 Å². The molecule has 2 aliphatic rings. The van der Waals surface area contributed by atoms with Gasteiger partial charge in [0, 0.05) is 24.6 Å². The second-order valence-corrected chi connectivity index (χ2v) is 7.82. The highest BCUT2D eigenvalue weighted by molar-refractivity contribution is 5.94. The Balaban J connectivity index is 1.27. The second kappa shape index (κ2) is 7.89. The molecule has 156 valence electrons. The molecular formula is C21H24N6O3. The van der Waals surface area contributed by atoms with Crippen LogP contribution in [0.3, 0.4) is 0 Å². The molecule has 5 rings (SSSR count). The van der Waals surface area contributed by atoms with E-state index in [9.17, 15) is 4.79 Å². The van der Waals surface area contributed by atoms with E-state index in [1.807, 2.05) is 47.0 Å². The molecule has 30 heavy (non-hydrogen) atoms. The predicted molar refractivity (Wildman–Crippen MR) is 107 cm³/mol. The molecule has 1 unspecified atom stereocenters. The Bertz CT molecular complexity index is 1020. The van der Waals surface area contributed by atoms with Gasteiger partial charge in [-0.25, -0.2) is 4.68 Å². The fourth-order valence-electron chi connectivity index (χ4n) is 3.80. The molecule has 2 aromatic heterocycles. The number of benzene rings is 1. The van der Waals surface area contributed by atoms with Crippen molar-refractivity contribution < 1.29 is 14.1 Å². The maximum absolute atomic E-state index is 13.0. The summed E-state index contributed by atoms with van der Waals surface area (Å²) in [4.78, 5) is 19.3. The lowest BCUT2D eigenvalue weighted by atomic mass is 10.0. The van der Waals surface area contributed by atoms with Gasteiger partial charge in [-0.15, -0.1) is 5.10 Å². The highest BCUT2D eigenvalue weighted by Crippen LogP contribution is 2.38. The van der Waals surface area contributed by atoms with Crippen LogP contribution in [0.2, 0.25) is 0 Å². The first-order valence-electron chi connectivity index (χ1n) is 10.5. The van der Waals surface area contributed by atoms with E-state index in [4.69, 9.17) is 9.26 Å². The minimum absolute atomic E-state index is 0.0223. The number of carbonyl (C=O) groups is 1. The largest absolute Gasteiger partial charge is 0.494 e. The number of aromatic nitrogens is 5. The standard InChI is InChI=1S/C21H24N6O3/c1-2-29-17-9-7-15(8-10-17)21(28)26-11-3-4-16(12-26)27-13-18(23-25-27)20-22-19(24-30-20)14-5-6-14/h7-10,13-14,16H,2-6,11-12H2,1H3. The van der Waals surface area contributed by atoms with Crippen LogP contribution < -0.4 is 4.74 Å². The van der Waals surface area contributed by atoms with Crippen LogP contribution in [0.1, 0.15) is 60.7 Å². The quantitative estimate of drug-likeness (QED) is 0.618. The van der Waals surface area contributed by atoms with E-state index in [2.05, 4.69) is 20.5 Å². The molecule has 0 N–H and O–H groups in total. The zero-order chi connectivity index (χ0) is 20.5. The number of hydrogen-bond acceptors (Lipinski definition) is 7. The van der Waals surface area contributed by atoms with Crippen LogP contribution in [0.25, 0.3) is 11.6 Å². The molecule has 1 aliphatic heterocycles. The summed E-state index contributed by atoms with van der Waals surface area (Å²) in [7, 11) is 0. The minimum atomic E-state index is 0.0223. The number of piperidine rings is 1. The van der Waals surface area contributed by atoms with E-state index in [1.165, 1.54) is 0 Å². The van der Waals surface area contributed by atoms with Gasteiger partial charge in [0.05, 0.1) is 18.8 Å². The first kappa shape index (κ1) is 18.8. The van der Waals surface area contributed by atoms with Gasteiger partial charge in [0.1, 0.15) is 5.75 Å². The molecule has 0 spiro atoms. The number of carbonyl (C=O) groups excluding carboxylic acids is 1. The van der Waals surface area contributed by atoms with E-state index in [0.717, 1.165) is 43.8 Å². The molecule has 0 bridgehead atoms. The van der Waals surface area contributed by atoms with Gasteiger partial charge in [-0.2, -0.15) is 4.98 Å². The molecule has 3 heterocycles. The summed E-state index contributed by atoms with van der Waals surface area (Å²) in [5.41, 5.74) is 1.24. The summed E-state index contributed by atoms with van der Waals surface area (Å²) in [6.45, 7) is 3.87. The Kier molecular flexibility index (Phi) is 4.94. The van der Waals surface area contributed by atoms with Crippen LogP contribution >= 0.6 is 0 Å². The highest BCUT2D eigenvalue weighted by atomic mass is 16.5. The molecule has 1 amide bonds. The lowest BCUT2D eigenvalue weighted by molar-refractivity contribution is 0.0672. The highest BCUT2D eigenvalue weighted by Gasteiger charge is 2.30. The van der Waals surface area contributed by atoms with Crippen molar-refractivity contribution in [2.75, 3.05) is 19.7 Å². The molecular weight excluding hydrogens is 384 g/mol. The number of hydrogen-bond donors (Lipinski definition) is 0. The van der Waals surface area contributed by atoms with Gasteiger partial charge >= 0.3 is 0 Å². The van der Waals surface area contributed by atoms with Crippen molar-refractivity contribution in [2.45, 2.75) is 44.6 Å². The van der Waals surface area contributed by atoms with Gasteiger partial charge in [-0.3, -0.25) is 4.79 Å². The van der Waals surface area contributed by atoms with Crippen LogP contribution in [0, 0.1) is 0 Å². The van der Waals surface area contributed by atoms with Gasteiger partial charge in [0.2, 0.25) is 0 Å². The van der Waals surface area contributed by atoms with Crippen LogP contribution in [0.4, 0.5) is 0 Å². The summed E-state index contributed by atoms with van der Waals surface area (Å²) in [5.74, 6) is 2.38. The van der Waals surface area contributed by atoms with Crippen molar-refractivity contribution in [3.8, 4) is 17.3 Å². The Morgan fingerprint density at radius 1 is 1.23 bits per heavy atom. The van der Waals surface area contributed by atoms with E-state index >= 15 is 0 Å². The third-order valence-electron chi connectivity index (χ3n) is 5.58. The zero-order valence-corrected chi connectivity index (χ0v) is 16.9. The summed E-state index contributed by atoms with van der Waals surface area (Å²) in [5, 5.41) is 12.5. The molecule has 9 nitrogen and oxygen atoms in total. The second-order valence-electron chi connectivity index (χ2n) is 7.82. The Labute approximate surface area is 174 Å². The molecule has 1 aromatic carbocycles. The van der Waals surface area contributed by atoms with Gasteiger partial charge in [-0.1, -0.05) is 10.4 Å². The number of amides is 1. The monoisotopic (exact) mass is 408 g/mol. The maximum Gasteiger partial charge on any atom is 0.280 e.